The molecule has 0 aromatic heterocycles. The first-order chi connectivity index (χ1) is 8.48. The maximum atomic E-state index is 12.3. The van der Waals surface area contributed by atoms with E-state index in [0.29, 0.717) is 19.0 Å². The van der Waals surface area contributed by atoms with Gasteiger partial charge in [0.15, 0.2) is 0 Å². The molecule has 4 nitrogen and oxygen atoms in total. The van der Waals surface area contributed by atoms with Crippen LogP contribution in [0.25, 0.3) is 0 Å². The minimum Gasteiger partial charge on any atom is -0.315 e. The predicted octanol–water partition coefficient (Wildman–Crippen LogP) is 1.83. The highest BCUT2D eigenvalue weighted by atomic mass is 32.2. The van der Waals surface area contributed by atoms with Crippen molar-refractivity contribution in [3.05, 3.63) is 0 Å². The molecule has 0 aromatic rings. The van der Waals surface area contributed by atoms with Crippen molar-refractivity contribution >= 4 is 10.0 Å². The zero-order valence-electron chi connectivity index (χ0n) is 12.0. The first kappa shape index (κ1) is 15.9. The van der Waals surface area contributed by atoms with Crippen molar-refractivity contribution in [3.63, 3.8) is 0 Å². The van der Waals surface area contributed by atoms with Crippen molar-refractivity contribution in [1.29, 1.82) is 0 Å². The van der Waals surface area contributed by atoms with E-state index >= 15 is 0 Å². The van der Waals surface area contributed by atoms with Crippen LogP contribution < -0.4 is 5.32 Å². The van der Waals surface area contributed by atoms with E-state index in [1.54, 1.807) is 18.3 Å². The molecule has 1 atom stereocenters. The molecule has 0 heterocycles. The van der Waals surface area contributed by atoms with E-state index in [0.717, 1.165) is 13.0 Å². The molecule has 1 N–H and O–H groups in total. The van der Waals surface area contributed by atoms with Crippen LogP contribution in [0.1, 0.15) is 46.0 Å². The Morgan fingerprint density at radius 2 is 1.94 bits per heavy atom. The average Bonchev–Trinajstić information content (AvgIpc) is 2.81. The fourth-order valence-corrected chi connectivity index (χ4v) is 3.92. The molecule has 108 valence electrons. The van der Waals surface area contributed by atoms with E-state index in [1.807, 2.05) is 0 Å². The normalized spacial score (nSPS) is 19.6. The minimum absolute atomic E-state index is 0.338. The van der Waals surface area contributed by atoms with Gasteiger partial charge in [-0.1, -0.05) is 19.8 Å². The summed E-state index contributed by atoms with van der Waals surface area (Å²) in [5.74, 6) is 0.570. The third-order valence-electron chi connectivity index (χ3n) is 3.79. The van der Waals surface area contributed by atoms with Gasteiger partial charge in [0.2, 0.25) is 10.0 Å². The summed E-state index contributed by atoms with van der Waals surface area (Å²) in [6, 6.07) is 0. The third kappa shape index (κ3) is 4.52. The number of sulfonamides is 1. The van der Waals surface area contributed by atoms with Gasteiger partial charge in [-0.3, -0.25) is 0 Å². The van der Waals surface area contributed by atoms with Crippen molar-refractivity contribution in [3.8, 4) is 0 Å². The molecule has 0 aromatic carbocycles. The molecular formula is C13H28N2O2S. The predicted molar refractivity (Wildman–Crippen MR) is 76.1 cm³/mol. The summed E-state index contributed by atoms with van der Waals surface area (Å²) in [5.41, 5.74) is 0. The van der Waals surface area contributed by atoms with Gasteiger partial charge >= 0.3 is 0 Å². The molecule has 1 fully saturated rings. The molecular weight excluding hydrogens is 248 g/mol. The molecule has 0 spiro atoms. The fourth-order valence-electron chi connectivity index (χ4n) is 2.56. The summed E-state index contributed by atoms with van der Waals surface area (Å²) in [7, 11) is -1.41. The van der Waals surface area contributed by atoms with E-state index in [-0.39, 0.29) is 5.25 Å². The summed E-state index contributed by atoms with van der Waals surface area (Å²) in [6.45, 7) is 6.00. The van der Waals surface area contributed by atoms with E-state index in [9.17, 15) is 8.42 Å². The first-order valence-electron chi connectivity index (χ1n) is 7.14. The van der Waals surface area contributed by atoms with E-state index in [1.165, 1.54) is 25.7 Å². The Morgan fingerprint density at radius 3 is 2.50 bits per heavy atom. The Kier molecular flexibility index (Phi) is 6.60. The molecule has 1 rings (SSSR count). The number of hydrogen-bond acceptors (Lipinski definition) is 3. The summed E-state index contributed by atoms with van der Waals surface area (Å²) in [4.78, 5) is 0. The Labute approximate surface area is 112 Å². The lowest BCUT2D eigenvalue weighted by molar-refractivity contribution is 0.382. The molecule has 1 aliphatic carbocycles. The lowest BCUT2D eigenvalue weighted by Crippen LogP contribution is -2.41. The SMILES string of the molecule is CCCNCC(C)S(=O)(=O)N(C)CC1CCCC1. The van der Waals surface area contributed by atoms with Gasteiger partial charge < -0.3 is 5.32 Å². The van der Waals surface area contributed by atoms with Gasteiger partial charge in [0.25, 0.3) is 0 Å². The Morgan fingerprint density at radius 1 is 1.33 bits per heavy atom. The molecule has 0 bridgehead atoms. The van der Waals surface area contributed by atoms with Crippen molar-refractivity contribution < 1.29 is 8.42 Å². The number of nitrogens with one attached hydrogen (secondary N) is 1. The van der Waals surface area contributed by atoms with Crippen LogP contribution in [0.3, 0.4) is 0 Å². The van der Waals surface area contributed by atoms with Gasteiger partial charge in [-0.25, -0.2) is 12.7 Å². The first-order valence-corrected chi connectivity index (χ1v) is 8.64. The van der Waals surface area contributed by atoms with Crippen LogP contribution in [-0.2, 0) is 10.0 Å². The van der Waals surface area contributed by atoms with Gasteiger partial charge in [0.05, 0.1) is 5.25 Å². The minimum atomic E-state index is -3.14. The number of nitrogens with zero attached hydrogens (tertiary/aromatic N) is 1. The van der Waals surface area contributed by atoms with Crippen LogP contribution in [-0.4, -0.2) is 44.7 Å². The van der Waals surface area contributed by atoms with Gasteiger partial charge in [-0.05, 0) is 38.6 Å². The van der Waals surface area contributed by atoms with Gasteiger partial charge in [-0.15, -0.1) is 0 Å². The highest BCUT2D eigenvalue weighted by Gasteiger charge is 2.28. The second-order valence-electron chi connectivity index (χ2n) is 5.49. The van der Waals surface area contributed by atoms with E-state index < -0.39 is 10.0 Å². The van der Waals surface area contributed by atoms with Crippen LogP contribution in [0.2, 0.25) is 0 Å². The Balaban J connectivity index is 2.44. The van der Waals surface area contributed by atoms with Crippen LogP contribution in [0, 0.1) is 5.92 Å². The molecule has 1 unspecified atom stereocenters. The standard InChI is InChI=1S/C13H28N2O2S/c1-4-9-14-10-12(2)18(16,17)15(3)11-13-7-5-6-8-13/h12-14H,4-11H2,1-3H3. The zero-order chi connectivity index (χ0) is 13.6. The Hall–Kier alpha value is -0.130. The highest BCUT2D eigenvalue weighted by molar-refractivity contribution is 7.89. The molecule has 0 aliphatic heterocycles. The zero-order valence-corrected chi connectivity index (χ0v) is 12.8. The maximum Gasteiger partial charge on any atom is 0.217 e. The largest absolute Gasteiger partial charge is 0.315 e. The van der Waals surface area contributed by atoms with Crippen molar-refractivity contribution in [2.45, 2.75) is 51.2 Å². The third-order valence-corrected chi connectivity index (χ3v) is 5.99. The lowest BCUT2D eigenvalue weighted by atomic mass is 10.1. The second-order valence-corrected chi connectivity index (χ2v) is 7.95. The topological polar surface area (TPSA) is 49.4 Å². The molecule has 1 saturated carbocycles. The summed E-state index contributed by atoms with van der Waals surface area (Å²) < 4.78 is 26.2. The van der Waals surface area contributed by atoms with Crippen molar-refractivity contribution in [2.75, 3.05) is 26.7 Å². The summed E-state index contributed by atoms with van der Waals surface area (Å²) in [6.07, 6.45) is 5.91. The quantitative estimate of drug-likeness (QED) is 0.688. The molecule has 0 amide bonds. The van der Waals surface area contributed by atoms with Gasteiger partial charge in [-0.2, -0.15) is 0 Å². The van der Waals surface area contributed by atoms with Crippen LogP contribution in [0.5, 0.6) is 0 Å². The number of hydrogen-bond donors (Lipinski definition) is 1. The smallest absolute Gasteiger partial charge is 0.217 e. The molecule has 5 heteroatoms. The molecule has 18 heavy (non-hydrogen) atoms. The van der Waals surface area contributed by atoms with Crippen LogP contribution in [0.15, 0.2) is 0 Å². The van der Waals surface area contributed by atoms with E-state index in [2.05, 4.69) is 12.2 Å². The van der Waals surface area contributed by atoms with Gasteiger partial charge in [0.1, 0.15) is 0 Å². The fraction of sp³-hybridized carbons (Fsp3) is 1.00. The molecule has 0 radical (unpaired) electrons. The highest BCUT2D eigenvalue weighted by Crippen LogP contribution is 2.26. The maximum absolute atomic E-state index is 12.3. The van der Waals surface area contributed by atoms with Crippen molar-refractivity contribution in [2.24, 2.45) is 5.92 Å². The number of rotatable bonds is 8. The van der Waals surface area contributed by atoms with Crippen LogP contribution in [0.4, 0.5) is 0 Å². The molecule has 0 saturated heterocycles. The molecule has 1 aliphatic rings. The lowest BCUT2D eigenvalue weighted by Gasteiger charge is -2.24. The van der Waals surface area contributed by atoms with Crippen molar-refractivity contribution in [1.82, 2.24) is 9.62 Å². The monoisotopic (exact) mass is 276 g/mol. The summed E-state index contributed by atoms with van der Waals surface area (Å²) in [5, 5.41) is 2.85. The van der Waals surface area contributed by atoms with Gasteiger partial charge in [0, 0.05) is 20.1 Å². The summed E-state index contributed by atoms with van der Waals surface area (Å²) >= 11 is 0. The average molecular weight is 276 g/mol. The van der Waals surface area contributed by atoms with E-state index in [4.69, 9.17) is 0 Å². The Bertz CT molecular complexity index is 324. The second kappa shape index (κ2) is 7.46. The van der Waals surface area contributed by atoms with Crippen LogP contribution >= 0.6 is 0 Å².